The van der Waals surface area contributed by atoms with Crippen LogP contribution in [0.25, 0.3) is 0 Å². The van der Waals surface area contributed by atoms with Crippen LogP contribution in [0.4, 0.5) is 8.78 Å². The fourth-order valence-corrected chi connectivity index (χ4v) is 1.18. The maximum absolute atomic E-state index is 11.7. The fraction of sp³-hybridized carbons (Fsp3) is 0.429. The van der Waals surface area contributed by atoms with Gasteiger partial charge in [0.25, 0.3) is 6.08 Å². The molecule has 98 valence electrons. The van der Waals surface area contributed by atoms with E-state index in [-0.39, 0.29) is 5.57 Å². The molecule has 0 saturated heterocycles. The SMILES string of the molecule is C=C(C)CCC(C)=C(F)F.CC.c1ccsc1. The molecule has 0 amide bonds. The Morgan fingerprint density at radius 1 is 1.06 bits per heavy atom. The van der Waals surface area contributed by atoms with Gasteiger partial charge in [-0.25, -0.2) is 0 Å². The van der Waals surface area contributed by atoms with Gasteiger partial charge in [0, 0.05) is 0 Å². The molecule has 0 aromatic carbocycles. The van der Waals surface area contributed by atoms with Gasteiger partial charge in [-0.05, 0) is 43.0 Å². The zero-order valence-electron chi connectivity index (χ0n) is 11.1. The third-order valence-electron chi connectivity index (χ3n) is 1.67. The van der Waals surface area contributed by atoms with E-state index in [1.54, 1.807) is 11.3 Å². The minimum Gasteiger partial charge on any atom is -0.173 e. The Hall–Kier alpha value is -0.960. The van der Waals surface area contributed by atoms with Gasteiger partial charge in [0.2, 0.25) is 0 Å². The Morgan fingerprint density at radius 3 is 1.76 bits per heavy atom. The van der Waals surface area contributed by atoms with E-state index in [0.717, 1.165) is 5.57 Å². The lowest BCUT2D eigenvalue weighted by atomic mass is 10.1. The lowest BCUT2D eigenvalue weighted by Gasteiger charge is -1.97. The van der Waals surface area contributed by atoms with E-state index in [1.165, 1.54) is 6.92 Å². The predicted octanol–water partition coefficient (Wildman–Crippen LogP) is 6.29. The van der Waals surface area contributed by atoms with Crippen molar-refractivity contribution in [1.29, 1.82) is 0 Å². The van der Waals surface area contributed by atoms with Crippen molar-refractivity contribution in [2.75, 3.05) is 0 Å². The Balaban J connectivity index is 0. The summed E-state index contributed by atoms with van der Waals surface area (Å²) in [6.45, 7) is 10.9. The second-order valence-electron chi connectivity index (χ2n) is 3.29. The first kappa shape index (κ1) is 18.4. The molecule has 1 rings (SSSR count). The summed E-state index contributed by atoms with van der Waals surface area (Å²) in [6.07, 6.45) is -0.470. The van der Waals surface area contributed by atoms with Crippen LogP contribution >= 0.6 is 11.3 Å². The molecule has 0 atom stereocenters. The second-order valence-corrected chi connectivity index (χ2v) is 4.11. The molecule has 1 heterocycles. The number of rotatable bonds is 3. The number of allylic oxidation sites excluding steroid dienone is 2. The molecule has 0 aliphatic carbocycles. The van der Waals surface area contributed by atoms with Gasteiger partial charge in [0.1, 0.15) is 0 Å². The van der Waals surface area contributed by atoms with Crippen LogP contribution in [-0.4, -0.2) is 0 Å². The molecule has 0 fully saturated rings. The Morgan fingerprint density at radius 2 is 1.53 bits per heavy atom. The second kappa shape index (κ2) is 13.1. The molecule has 1 aromatic rings. The molecule has 0 saturated carbocycles. The van der Waals surface area contributed by atoms with Crippen molar-refractivity contribution in [3.8, 4) is 0 Å². The van der Waals surface area contributed by atoms with Crippen LogP contribution in [-0.2, 0) is 0 Å². The zero-order chi connectivity index (χ0) is 13.7. The van der Waals surface area contributed by atoms with Crippen molar-refractivity contribution in [3.63, 3.8) is 0 Å². The molecule has 0 N–H and O–H groups in total. The maximum Gasteiger partial charge on any atom is 0.269 e. The van der Waals surface area contributed by atoms with E-state index in [9.17, 15) is 8.78 Å². The summed E-state index contributed by atoms with van der Waals surface area (Å²) >= 11 is 1.71. The highest BCUT2D eigenvalue weighted by atomic mass is 32.1. The Labute approximate surface area is 108 Å². The average Bonchev–Trinajstić information content (AvgIpc) is 2.87. The first-order chi connectivity index (χ1) is 8.04. The van der Waals surface area contributed by atoms with Gasteiger partial charge in [0.05, 0.1) is 0 Å². The minimum absolute atomic E-state index is 0.169. The molecule has 1 aromatic heterocycles. The van der Waals surface area contributed by atoms with E-state index < -0.39 is 6.08 Å². The van der Waals surface area contributed by atoms with Crippen molar-refractivity contribution in [3.05, 3.63) is 46.7 Å². The summed E-state index contributed by atoms with van der Waals surface area (Å²) in [4.78, 5) is 0. The summed E-state index contributed by atoms with van der Waals surface area (Å²) in [6, 6.07) is 4.04. The highest BCUT2D eigenvalue weighted by Crippen LogP contribution is 2.14. The van der Waals surface area contributed by atoms with E-state index in [2.05, 4.69) is 6.58 Å². The fourth-order valence-electron chi connectivity index (χ4n) is 0.722. The molecular weight excluding hydrogens is 238 g/mol. The summed E-state index contributed by atoms with van der Waals surface area (Å²) < 4.78 is 23.5. The maximum atomic E-state index is 11.7. The van der Waals surface area contributed by atoms with E-state index >= 15 is 0 Å². The van der Waals surface area contributed by atoms with Gasteiger partial charge in [0.15, 0.2) is 0 Å². The van der Waals surface area contributed by atoms with Crippen LogP contribution in [0.1, 0.15) is 40.5 Å². The van der Waals surface area contributed by atoms with Gasteiger partial charge >= 0.3 is 0 Å². The molecule has 0 spiro atoms. The lowest BCUT2D eigenvalue weighted by Crippen LogP contribution is -1.80. The van der Waals surface area contributed by atoms with Crippen LogP contribution < -0.4 is 0 Å². The smallest absolute Gasteiger partial charge is 0.173 e. The monoisotopic (exact) mass is 260 g/mol. The largest absolute Gasteiger partial charge is 0.269 e. The molecule has 0 unspecified atom stereocenters. The number of thiophene rings is 1. The van der Waals surface area contributed by atoms with Gasteiger partial charge in [-0.15, -0.1) is 6.58 Å². The molecule has 3 heteroatoms. The third kappa shape index (κ3) is 15.0. The molecule has 17 heavy (non-hydrogen) atoms. The molecule has 0 nitrogen and oxygen atoms in total. The van der Waals surface area contributed by atoms with Gasteiger partial charge in [-0.1, -0.05) is 31.6 Å². The van der Waals surface area contributed by atoms with Gasteiger partial charge in [-0.2, -0.15) is 20.1 Å². The Bertz CT molecular complexity index is 279. The molecule has 0 bridgehead atoms. The molecular formula is C14H22F2S. The zero-order valence-corrected chi connectivity index (χ0v) is 11.9. The number of halogens is 2. The normalized spacial score (nSPS) is 8.12. The van der Waals surface area contributed by atoms with Crippen LogP contribution in [0.15, 0.2) is 46.7 Å². The standard InChI is InChI=1S/C8H12F2.C4H4S.C2H6/c1-6(2)4-5-7(3)8(9)10;1-2-4-5-3-1;1-2/h1,4-5H2,2-3H3;1-4H;1-2H3. The van der Waals surface area contributed by atoms with Crippen molar-refractivity contribution >= 4 is 11.3 Å². The summed E-state index contributed by atoms with van der Waals surface area (Å²) in [5.41, 5.74) is 1.11. The van der Waals surface area contributed by atoms with Gasteiger partial charge in [-0.3, -0.25) is 0 Å². The molecule has 0 aliphatic heterocycles. The first-order valence-corrected chi connectivity index (χ1v) is 6.60. The average molecular weight is 260 g/mol. The highest BCUT2D eigenvalue weighted by molar-refractivity contribution is 7.07. The van der Waals surface area contributed by atoms with E-state index in [0.29, 0.717) is 12.8 Å². The van der Waals surface area contributed by atoms with Crippen LogP contribution in [0.2, 0.25) is 0 Å². The predicted molar refractivity (Wildman–Crippen MR) is 74.6 cm³/mol. The van der Waals surface area contributed by atoms with Crippen molar-refractivity contribution in [2.45, 2.75) is 40.5 Å². The minimum atomic E-state index is -1.55. The van der Waals surface area contributed by atoms with Crippen LogP contribution in [0.5, 0.6) is 0 Å². The molecule has 0 radical (unpaired) electrons. The third-order valence-corrected chi connectivity index (χ3v) is 2.30. The van der Waals surface area contributed by atoms with Crippen molar-refractivity contribution in [2.24, 2.45) is 0 Å². The highest BCUT2D eigenvalue weighted by Gasteiger charge is 1.98. The van der Waals surface area contributed by atoms with Gasteiger partial charge < -0.3 is 0 Å². The summed E-state index contributed by atoms with van der Waals surface area (Å²) in [5, 5.41) is 4.08. The Kier molecular flexibility index (Phi) is 14.2. The number of hydrogen-bond acceptors (Lipinski definition) is 1. The summed E-state index contributed by atoms with van der Waals surface area (Å²) in [7, 11) is 0. The van der Waals surface area contributed by atoms with Crippen molar-refractivity contribution < 1.29 is 8.78 Å². The van der Waals surface area contributed by atoms with Crippen LogP contribution in [0, 0.1) is 0 Å². The molecule has 0 aliphatic rings. The van der Waals surface area contributed by atoms with Crippen LogP contribution in [0.3, 0.4) is 0 Å². The first-order valence-electron chi connectivity index (χ1n) is 5.66. The van der Waals surface area contributed by atoms with Crippen molar-refractivity contribution in [1.82, 2.24) is 0 Å². The van der Waals surface area contributed by atoms with E-state index in [4.69, 9.17) is 0 Å². The number of hydrogen-bond donors (Lipinski definition) is 0. The topological polar surface area (TPSA) is 0 Å². The summed E-state index contributed by atoms with van der Waals surface area (Å²) in [5.74, 6) is 0. The lowest BCUT2D eigenvalue weighted by molar-refractivity contribution is 0.408. The quantitative estimate of drug-likeness (QED) is 0.560. The van der Waals surface area contributed by atoms with E-state index in [1.807, 2.05) is 43.7 Å².